The molecule has 0 spiro atoms. The van der Waals surface area contributed by atoms with Gasteiger partial charge < -0.3 is 18.9 Å². The SMILES string of the molecule is COc1cc2c(c(OC)c1OC)C(Br)OC2=O. The van der Waals surface area contributed by atoms with Gasteiger partial charge in [-0.05, 0) is 22.0 Å². The van der Waals surface area contributed by atoms with Gasteiger partial charge in [-0.15, -0.1) is 0 Å². The predicted octanol–water partition coefficient (Wildman–Crippen LogP) is 2.28. The molecule has 0 bridgehead atoms. The summed E-state index contributed by atoms with van der Waals surface area (Å²) in [5.41, 5.74) is 1.04. The van der Waals surface area contributed by atoms with Crippen LogP contribution in [0.15, 0.2) is 6.07 Å². The van der Waals surface area contributed by atoms with Crippen LogP contribution in [0.2, 0.25) is 0 Å². The Balaban J connectivity index is 2.73. The number of benzene rings is 1. The number of esters is 1. The average molecular weight is 303 g/mol. The van der Waals surface area contributed by atoms with Crippen LogP contribution >= 0.6 is 15.9 Å². The zero-order chi connectivity index (χ0) is 12.6. The molecule has 1 unspecified atom stereocenters. The Bertz CT molecular complexity index is 471. The smallest absolute Gasteiger partial charge is 0.340 e. The van der Waals surface area contributed by atoms with Crippen molar-refractivity contribution in [1.82, 2.24) is 0 Å². The Labute approximate surface area is 107 Å². The summed E-state index contributed by atoms with van der Waals surface area (Å²) in [7, 11) is 4.50. The Kier molecular flexibility index (Phi) is 3.15. The van der Waals surface area contributed by atoms with Crippen LogP contribution < -0.4 is 14.2 Å². The summed E-state index contributed by atoms with van der Waals surface area (Å²) in [5, 5.41) is -0.528. The van der Waals surface area contributed by atoms with E-state index in [1.807, 2.05) is 0 Å². The van der Waals surface area contributed by atoms with Gasteiger partial charge in [-0.25, -0.2) is 4.79 Å². The van der Waals surface area contributed by atoms with Crippen molar-refractivity contribution in [2.24, 2.45) is 0 Å². The minimum Gasteiger partial charge on any atom is -0.493 e. The van der Waals surface area contributed by atoms with Crippen LogP contribution in [0.4, 0.5) is 0 Å². The van der Waals surface area contributed by atoms with E-state index < -0.39 is 11.0 Å². The minimum atomic E-state index is -0.528. The van der Waals surface area contributed by atoms with Gasteiger partial charge >= 0.3 is 5.97 Å². The molecule has 0 saturated carbocycles. The second-order valence-corrected chi connectivity index (χ2v) is 4.16. The fourth-order valence-corrected chi connectivity index (χ4v) is 2.41. The van der Waals surface area contributed by atoms with Crippen molar-refractivity contribution >= 4 is 21.9 Å². The number of carbonyl (C=O) groups excluding carboxylic acids is 1. The summed E-state index contributed by atoms with van der Waals surface area (Å²) in [6.07, 6.45) is 0. The van der Waals surface area contributed by atoms with Crippen LogP contribution in [-0.4, -0.2) is 27.3 Å². The van der Waals surface area contributed by atoms with E-state index in [-0.39, 0.29) is 0 Å². The molecule has 0 radical (unpaired) electrons. The van der Waals surface area contributed by atoms with Crippen LogP contribution in [0.5, 0.6) is 17.2 Å². The maximum Gasteiger partial charge on any atom is 0.340 e. The normalized spacial score (nSPS) is 17.4. The first-order valence-corrected chi connectivity index (χ1v) is 5.73. The van der Waals surface area contributed by atoms with Gasteiger partial charge in [0.15, 0.2) is 16.5 Å². The first-order valence-electron chi connectivity index (χ1n) is 4.82. The Morgan fingerprint density at radius 2 is 1.82 bits per heavy atom. The molecule has 0 aromatic heterocycles. The number of halogens is 1. The number of ether oxygens (including phenoxy) is 4. The van der Waals surface area contributed by atoms with E-state index in [4.69, 9.17) is 18.9 Å². The van der Waals surface area contributed by atoms with Crippen molar-refractivity contribution in [3.05, 3.63) is 17.2 Å². The number of rotatable bonds is 3. The second kappa shape index (κ2) is 4.44. The Hall–Kier alpha value is -1.43. The number of alkyl halides is 1. The van der Waals surface area contributed by atoms with Crippen molar-refractivity contribution in [2.45, 2.75) is 5.01 Å². The molecule has 92 valence electrons. The summed E-state index contributed by atoms with van der Waals surface area (Å²) < 4.78 is 20.7. The number of carbonyl (C=O) groups is 1. The number of hydrogen-bond donors (Lipinski definition) is 0. The van der Waals surface area contributed by atoms with E-state index in [1.54, 1.807) is 6.07 Å². The van der Waals surface area contributed by atoms with Gasteiger partial charge in [-0.1, -0.05) is 0 Å². The Morgan fingerprint density at radius 3 is 2.35 bits per heavy atom. The molecule has 2 rings (SSSR count). The highest BCUT2D eigenvalue weighted by atomic mass is 79.9. The highest BCUT2D eigenvalue weighted by Crippen LogP contribution is 2.49. The van der Waals surface area contributed by atoms with Crippen LogP contribution in [0.3, 0.4) is 0 Å². The lowest BCUT2D eigenvalue weighted by molar-refractivity contribution is 0.0529. The van der Waals surface area contributed by atoms with Gasteiger partial charge in [0.05, 0.1) is 32.5 Å². The topological polar surface area (TPSA) is 54.0 Å². The highest BCUT2D eigenvalue weighted by molar-refractivity contribution is 9.09. The third-order valence-electron chi connectivity index (χ3n) is 2.53. The van der Waals surface area contributed by atoms with Crippen LogP contribution in [0.1, 0.15) is 20.9 Å². The third kappa shape index (κ3) is 1.72. The molecular weight excluding hydrogens is 292 g/mol. The summed E-state index contributed by atoms with van der Waals surface area (Å²) in [5.74, 6) is 0.897. The van der Waals surface area contributed by atoms with E-state index in [0.29, 0.717) is 28.4 Å². The summed E-state index contributed by atoms with van der Waals surface area (Å²) >= 11 is 3.26. The molecule has 0 aliphatic carbocycles. The number of hydrogen-bond acceptors (Lipinski definition) is 5. The van der Waals surface area contributed by atoms with Crippen molar-refractivity contribution in [1.29, 1.82) is 0 Å². The molecule has 1 atom stereocenters. The number of methoxy groups -OCH3 is 3. The Morgan fingerprint density at radius 1 is 1.18 bits per heavy atom. The summed E-state index contributed by atoms with van der Waals surface area (Å²) in [6.45, 7) is 0. The molecule has 1 aliphatic rings. The van der Waals surface area contributed by atoms with Crippen LogP contribution in [-0.2, 0) is 4.74 Å². The highest BCUT2D eigenvalue weighted by Gasteiger charge is 2.36. The minimum absolute atomic E-state index is 0.416. The predicted molar refractivity (Wildman–Crippen MR) is 63.2 cm³/mol. The van der Waals surface area contributed by atoms with Crippen LogP contribution in [0.25, 0.3) is 0 Å². The van der Waals surface area contributed by atoms with E-state index in [2.05, 4.69) is 15.9 Å². The maximum atomic E-state index is 11.6. The van der Waals surface area contributed by atoms with E-state index in [0.717, 1.165) is 0 Å². The molecule has 5 nitrogen and oxygen atoms in total. The van der Waals surface area contributed by atoms with E-state index in [9.17, 15) is 4.79 Å². The van der Waals surface area contributed by atoms with E-state index in [1.165, 1.54) is 21.3 Å². The maximum absolute atomic E-state index is 11.6. The fourth-order valence-electron chi connectivity index (χ4n) is 1.79. The van der Waals surface area contributed by atoms with Crippen molar-refractivity contribution < 1.29 is 23.7 Å². The second-order valence-electron chi connectivity index (χ2n) is 3.33. The lowest BCUT2D eigenvalue weighted by atomic mass is 10.1. The molecule has 1 aliphatic heterocycles. The van der Waals surface area contributed by atoms with Gasteiger partial charge in [-0.3, -0.25) is 0 Å². The van der Waals surface area contributed by atoms with E-state index >= 15 is 0 Å². The van der Waals surface area contributed by atoms with Crippen molar-refractivity contribution in [3.8, 4) is 17.2 Å². The van der Waals surface area contributed by atoms with Crippen molar-refractivity contribution in [2.75, 3.05) is 21.3 Å². The average Bonchev–Trinajstić information content (AvgIpc) is 2.62. The first-order chi connectivity index (χ1) is 8.13. The molecule has 0 N–H and O–H groups in total. The molecule has 17 heavy (non-hydrogen) atoms. The standard InChI is InChI=1S/C11H11BrO5/c1-14-6-4-5-7(10(12)17-11(5)13)9(16-3)8(6)15-2/h4,10H,1-3H3. The number of cyclic esters (lactones) is 1. The number of fused-ring (bicyclic) bond motifs is 1. The lowest BCUT2D eigenvalue weighted by Crippen LogP contribution is -2.01. The molecule has 6 heteroatoms. The first kappa shape index (κ1) is 12.0. The van der Waals surface area contributed by atoms with Gasteiger partial charge in [-0.2, -0.15) is 0 Å². The van der Waals surface area contributed by atoms with Crippen LogP contribution in [0, 0.1) is 0 Å². The molecule has 1 aromatic carbocycles. The van der Waals surface area contributed by atoms with Gasteiger partial charge in [0.25, 0.3) is 0 Å². The molecule has 0 amide bonds. The fraction of sp³-hybridized carbons (Fsp3) is 0.364. The van der Waals surface area contributed by atoms with Crippen molar-refractivity contribution in [3.63, 3.8) is 0 Å². The van der Waals surface area contributed by atoms with Gasteiger partial charge in [0.2, 0.25) is 5.75 Å². The molecule has 1 heterocycles. The molecule has 1 aromatic rings. The lowest BCUT2D eigenvalue weighted by Gasteiger charge is -2.15. The van der Waals surface area contributed by atoms with Gasteiger partial charge in [0.1, 0.15) is 0 Å². The molecular formula is C11H11BrO5. The molecule has 0 saturated heterocycles. The van der Waals surface area contributed by atoms with Gasteiger partial charge in [0, 0.05) is 0 Å². The summed E-state index contributed by atoms with van der Waals surface area (Å²) in [6, 6.07) is 1.58. The largest absolute Gasteiger partial charge is 0.493 e. The molecule has 0 fully saturated rings. The zero-order valence-electron chi connectivity index (χ0n) is 9.57. The third-order valence-corrected chi connectivity index (χ3v) is 3.17. The zero-order valence-corrected chi connectivity index (χ0v) is 11.2. The monoisotopic (exact) mass is 302 g/mol. The summed E-state index contributed by atoms with van der Waals surface area (Å²) in [4.78, 5) is 11.6. The quantitative estimate of drug-likeness (QED) is 0.633.